The van der Waals surface area contributed by atoms with E-state index in [4.69, 9.17) is 0 Å². The molecule has 0 atom stereocenters. The molecule has 7 heteroatoms. The Morgan fingerprint density at radius 3 is 2.25 bits per heavy atom. The zero-order valence-electron chi connectivity index (χ0n) is 7.88. The van der Waals surface area contributed by atoms with Gasteiger partial charge in [0.2, 0.25) is 0 Å². The molecule has 0 fully saturated rings. The van der Waals surface area contributed by atoms with Crippen molar-refractivity contribution in [3.05, 3.63) is 41.4 Å². The first-order valence-corrected chi connectivity index (χ1v) is 5.84. The smallest absolute Gasteiger partial charge is 0.228 e. The summed E-state index contributed by atoms with van der Waals surface area (Å²) >= 11 is 0. The molecule has 0 N–H and O–H groups in total. The molecule has 1 aromatic rings. The van der Waals surface area contributed by atoms with Gasteiger partial charge in [-0.15, -0.1) is 0 Å². The van der Waals surface area contributed by atoms with Crippen molar-refractivity contribution in [2.75, 3.05) is 0 Å². The summed E-state index contributed by atoms with van der Waals surface area (Å²) in [6, 6.07) is 2.27. The van der Waals surface area contributed by atoms with Gasteiger partial charge in [-0.25, -0.2) is 12.8 Å². The van der Waals surface area contributed by atoms with Gasteiger partial charge in [0.25, 0.3) is 0 Å². The highest BCUT2D eigenvalue weighted by atomic mass is 32.2. The largest absolute Gasteiger partial charge is 0.416 e. The van der Waals surface area contributed by atoms with Crippen LogP contribution < -0.4 is 0 Å². The maximum Gasteiger partial charge on any atom is 0.416 e. The second-order valence-electron chi connectivity index (χ2n) is 3.15. The highest BCUT2D eigenvalue weighted by Gasteiger charge is 2.35. The molecule has 0 saturated heterocycles. The minimum Gasteiger partial charge on any atom is -0.228 e. The van der Waals surface area contributed by atoms with Crippen molar-refractivity contribution in [2.24, 2.45) is 0 Å². The summed E-state index contributed by atoms with van der Waals surface area (Å²) in [5, 5.41) is 0. The van der Waals surface area contributed by atoms with Crippen molar-refractivity contribution >= 4 is 9.84 Å². The predicted octanol–water partition coefficient (Wildman–Crippen LogP) is 2.55. The SMILES string of the molecule is [CH2]S(=O)(=O)Cc1c(F)cccc1C(F)(F)F. The number of hydrogen-bond acceptors (Lipinski definition) is 2. The van der Waals surface area contributed by atoms with Gasteiger partial charge in [-0.3, -0.25) is 0 Å². The summed E-state index contributed by atoms with van der Waals surface area (Å²) in [6.07, 6.45) is -2.12. The van der Waals surface area contributed by atoms with Crippen LogP contribution in [0.3, 0.4) is 0 Å². The zero-order chi connectivity index (χ0) is 12.6. The molecule has 1 rings (SSSR count). The van der Waals surface area contributed by atoms with E-state index >= 15 is 0 Å². The molecule has 1 radical (unpaired) electrons. The van der Waals surface area contributed by atoms with Crippen molar-refractivity contribution in [1.29, 1.82) is 0 Å². The molecule has 0 aliphatic heterocycles. The van der Waals surface area contributed by atoms with Gasteiger partial charge in [-0.1, -0.05) is 6.07 Å². The fraction of sp³-hybridized carbons (Fsp3) is 0.222. The van der Waals surface area contributed by atoms with Crippen LogP contribution in [0.1, 0.15) is 11.1 Å². The van der Waals surface area contributed by atoms with Crippen molar-refractivity contribution in [2.45, 2.75) is 11.9 Å². The summed E-state index contributed by atoms with van der Waals surface area (Å²) in [4.78, 5) is 0. The maximum absolute atomic E-state index is 13.1. The topological polar surface area (TPSA) is 34.1 Å². The standard InChI is InChI=1S/C9H7F4O2S/c1-16(14,15)5-6-7(9(11,12)13)3-2-4-8(6)10/h2-4H,1,5H2. The van der Waals surface area contributed by atoms with Crippen LogP contribution in [0.15, 0.2) is 18.2 Å². The summed E-state index contributed by atoms with van der Waals surface area (Å²) in [5.74, 6) is -2.28. The first kappa shape index (κ1) is 13.0. The van der Waals surface area contributed by atoms with Gasteiger partial charge in [0.05, 0.1) is 17.6 Å². The normalized spacial score (nSPS) is 12.8. The molecule has 0 saturated carbocycles. The Bertz CT molecular complexity index is 491. The first-order chi connectivity index (χ1) is 7.11. The number of halogens is 4. The Kier molecular flexibility index (Phi) is 3.27. The molecule has 0 bridgehead atoms. The minimum atomic E-state index is -4.79. The van der Waals surface area contributed by atoms with Crippen molar-refractivity contribution in [3.63, 3.8) is 0 Å². The van der Waals surface area contributed by atoms with Gasteiger partial charge in [0, 0.05) is 5.56 Å². The van der Waals surface area contributed by atoms with Gasteiger partial charge < -0.3 is 0 Å². The van der Waals surface area contributed by atoms with E-state index in [-0.39, 0.29) is 0 Å². The lowest BCUT2D eigenvalue weighted by atomic mass is 10.1. The van der Waals surface area contributed by atoms with Crippen LogP contribution in [-0.2, 0) is 21.8 Å². The molecule has 2 nitrogen and oxygen atoms in total. The molecule has 0 aliphatic carbocycles. The molecule has 0 unspecified atom stereocenters. The molecular formula is C9H7F4O2S. The van der Waals surface area contributed by atoms with Crippen molar-refractivity contribution in [1.82, 2.24) is 0 Å². The van der Waals surface area contributed by atoms with E-state index < -0.39 is 38.7 Å². The zero-order valence-corrected chi connectivity index (χ0v) is 8.70. The molecule has 0 amide bonds. The summed E-state index contributed by atoms with van der Waals surface area (Å²) in [5.41, 5.74) is -2.19. The second-order valence-corrected chi connectivity index (χ2v) is 4.93. The molecule has 1 aromatic carbocycles. The van der Waals surface area contributed by atoms with Gasteiger partial charge in [0.1, 0.15) is 5.82 Å². The van der Waals surface area contributed by atoms with Crippen LogP contribution in [0, 0.1) is 12.1 Å². The van der Waals surface area contributed by atoms with E-state index in [0.717, 1.165) is 12.1 Å². The lowest BCUT2D eigenvalue weighted by molar-refractivity contribution is -0.138. The third-order valence-electron chi connectivity index (χ3n) is 1.79. The molecule has 0 spiro atoms. The third-order valence-corrected chi connectivity index (χ3v) is 2.52. The van der Waals surface area contributed by atoms with Crippen LogP contribution in [0.25, 0.3) is 0 Å². The minimum absolute atomic E-state index is 0.629. The number of benzene rings is 1. The molecule has 0 aromatic heterocycles. The quantitative estimate of drug-likeness (QED) is 0.761. The van der Waals surface area contributed by atoms with E-state index in [2.05, 4.69) is 6.26 Å². The van der Waals surface area contributed by atoms with Gasteiger partial charge in [0.15, 0.2) is 9.84 Å². The van der Waals surface area contributed by atoms with Crippen LogP contribution in [0.5, 0.6) is 0 Å². The molecule has 89 valence electrons. The number of sulfone groups is 1. The van der Waals surface area contributed by atoms with E-state index in [9.17, 15) is 26.0 Å². The number of rotatable bonds is 2. The molecular weight excluding hydrogens is 248 g/mol. The van der Waals surface area contributed by atoms with E-state index in [1.807, 2.05) is 0 Å². The molecule has 0 aliphatic rings. The van der Waals surface area contributed by atoms with Gasteiger partial charge >= 0.3 is 6.18 Å². The third kappa shape index (κ3) is 3.19. The summed E-state index contributed by atoms with van der Waals surface area (Å²) in [7, 11) is -3.97. The Morgan fingerprint density at radius 2 is 1.81 bits per heavy atom. The highest BCUT2D eigenvalue weighted by Crippen LogP contribution is 2.33. The highest BCUT2D eigenvalue weighted by molar-refractivity contribution is 7.91. The lowest BCUT2D eigenvalue weighted by Gasteiger charge is -2.12. The second kappa shape index (κ2) is 4.04. The Morgan fingerprint density at radius 1 is 1.25 bits per heavy atom. The van der Waals surface area contributed by atoms with E-state index in [1.54, 1.807) is 0 Å². The molecule has 0 heterocycles. The summed E-state index contributed by atoms with van der Waals surface area (Å²) in [6.45, 7) is 0. The van der Waals surface area contributed by atoms with Crippen LogP contribution in [-0.4, -0.2) is 8.42 Å². The van der Waals surface area contributed by atoms with Crippen LogP contribution in [0.2, 0.25) is 0 Å². The monoisotopic (exact) mass is 255 g/mol. The van der Waals surface area contributed by atoms with Crippen LogP contribution >= 0.6 is 0 Å². The first-order valence-electron chi connectivity index (χ1n) is 4.01. The Labute approximate surface area is 89.8 Å². The lowest BCUT2D eigenvalue weighted by Crippen LogP contribution is -2.13. The number of hydrogen-bond donors (Lipinski definition) is 0. The average molecular weight is 255 g/mol. The van der Waals surface area contributed by atoms with E-state index in [0.29, 0.717) is 6.07 Å². The maximum atomic E-state index is 13.1. The van der Waals surface area contributed by atoms with Gasteiger partial charge in [-0.05, 0) is 12.1 Å². The van der Waals surface area contributed by atoms with Crippen molar-refractivity contribution < 1.29 is 26.0 Å². The number of alkyl halides is 3. The summed E-state index contributed by atoms with van der Waals surface area (Å²) < 4.78 is 72.0. The average Bonchev–Trinajstić information content (AvgIpc) is 2.04. The van der Waals surface area contributed by atoms with Crippen LogP contribution in [0.4, 0.5) is 17.6 Å². The van der Waals surface area contributed by atoms with Gasteiger partial charge in [-0.2, -0.15) is 13.2 Å². The predicted molar refractivity (Wildman–Crippen MR) is 49.4 cm³/mol. The Hall–Kier alpha value is -1.11. The Balaban J connectivity index is 3.36. The fourth-order valence-corrected chi connectivity index (χ4v) is 1.92. The van der Waals surface area contributed by atoms with E-state index in [1.165, 1.54) is 0 Å². The molecule has 16 heavy (non-hydrogen) atoms. The van der Waals surface area contributed by atoms with Crippen molar-refractivity contribution in [3.8, 4) is 0 Å². The fourth-order valence-electron chi connectivity index (χ4n) is 1.19.